The van der Waals surface area contributed by atoms with Gasteiger partial charge in [-0.05, 0) is 19.4 Å². The molecule has 0 radical (unpaired) electrons. The SMILES string of the molecule is Cc1cc(C)cc(C[S@](=O)Cc2nc(C(F)(F)F)cc(=O)[nH]2)c1. The predicted octanol–water partition coefficient (Wildman–Crippen LogP) is 2.85. The van der Waals surface area contributed by atoms with Gasteiger partial charge in [-0.25, -0.2) is 4.98 Å². The van der Waals surface area contributed by atoms with Crippen molar-refractivity contribution in [2.45, 2.75) is 31.5 Å². The summed E-state index contributed by atoms with van der Waals surface area (Å²) in [4.78, 5) is 16.8. The molecule has 0 spiro atoms. The number of hydrogen-bond acceptors (Lipinski definition) is 3. The Hall–Kier alpha value is -1.96. The maximum Gasteiger partial charge on any atom is 0.433 e. The lowest BCUT2D eigenvalue weighted by Gasteiger charge is -2.08. The molecule has 23 heavy (non-hydrogen) atoms. The molecule has 0 saturated heterocycles. The molecule has 0 unspecified atom stereocenters. The third kappa shape index (κ3) is 5.02. The molecule has 1 aromatic carbocycles. The summed E-state index contributed by atoms with van der Waals surface area (Å²) in [6.45, 7) is 3.82. The van der Waals surface area contributed by atoms with E-state index < -0.39 is 28.2 Å². The van der Waals surface area contributed by atoms with Gasteiger partial charge in [0.05, 0.1) is 5.75 Å². The molecule has 2 rings (SSSR count). The normalized spacial score (nSPS) is 13.1. The van der Waals surface area contributed by atoms with Crippen LogP contribution in [0.2, 0.25) is 0 Å². The number of aromatic amines is 1. The van der Waals surface area contributed by atoms with Crippen molar-refractivity contribution in [3.05, 3.63) is 62.8 Å². The Morgan fingerprint density at radius 1 is 1.09 bits per heavy atom. The molecule has 1 N–H and O–H groups in total. The van der Waals surface area contributed by atoms with E-state index in [1.807, 2.05) is 32.0 Å². The van der Waals surface area contributed by atoms with Gasteiger partial charge in [0.2, 0.25) is 0 Å². The number of H-pyrrole nitrogens is 1. The summed E-state index contributed by atoms with van der Waals surface area (Å²) in [6.07, 6.45) is -4.71. The Labute approximate surface area is 133 Å². The molecule has 8 heteroatoms. The third-order valence-electron chi connectivity index (χ3n) is 2.99. The average Bonchev–Trinajstić information content (AvgIpc) is 2.35. The van der Waals surface area contributed by atoms with Gasteiger partial charge in [-0.3, -0.25) is 9.00 Å². The number of aryl methyl sites for hydroxylation is 2. The molecular weight excluding hydrogens is 329 g/mol. The van der Waals surface area contributed by atoms with Gasteiger partial charge >= 0.3 is 6.18 Å². The van der Waals surface area contributed by atoms with Crippen LogP contribution in [0.15, 0.2) is 29.1 Å². The number of benzene rings is 1. The van der Waals surface area contributed by atoms with Crippen LogP contribution in [-0.2, 0) is 28.5 Å². The Morgan fingerprint density at radius 2 is 1.70 bits per heavy atom. The zero-order chi connectivity index (χ0) is 17.2. The van der Waals surface area contributed by atoms with Crippen molar-refractivity contribution in [1.29, 1.82) is 0 Å². The minimum atomic E-state index is -4.71. The van der Waals surface area contributed by atoms with Crippen LogP contribution in [0.25, 0.3) is 0 Å². The molecule has 1 atom stereocenters. The highest BCUT2D eigenvalue weighted by atomic mass is 32.2. The number of halogens is 3. The van der Waals surface area contributed by atoms with Crippen LogP contribution in [-0.4, -0.2) is 14.2 Å². The lowest BCUT2D eigenvalue weighted by Crippen LogP contribution is -2.19. The zero-order valence-electron chi connectivity index (χ0n) is 12.5. The van der Waals surface area contributed by atoms with Gasteiger partial charge in [-0.1, -0.05) is 29.3 Å². The molecule has 124 valence electrons. The summed E-state index contributed by atoms with van der Waals surface area (Å²) < 4.78 is 50.0. The Balaban J connectivity index is 2.17. The number of aromatic nitrogens is 2. The number of nitrogens with zero attached hydrogens (tertiary/aromatic N) is 1. The lowest BCUT2D eigenvalue weighted by molar-refractivity contribution is -0.141. The molecule has 0 aliphatic rings. The maximum absolute atomic E-state index is 12.6. The standard InChI is InChI=1S/C15H15F3N2O2S/c1-9-3-10(2)5-11(4-9)7-23(22)8-13-19-12(15(16,17)18)6-14(21)20-13/h3-6H,7-8H2,1-2H3,(H,19,20,21)/t23-/m0/s1. The van der Waals surface area contributed by atoms with E-state index in [2.05, 4.69) is 9.97 Å². The average molecular weight is 344 g/mol. The van der Waals surface area contributed by atoms with Crippen molar-refractivity contribution in [1.82, 2.24) is 9.97 Å². The predicted molar refractivity (Wildman–Crippen MR) is 81.3 cm³/mol. The van der Waals surface area contributed by atoms with Gasteiger partial charge < -0.3 is 4.98 Å². The second kappa shape index (κ2) is 6.66. The van der Waals surface area contributed by atoms with Crippen LogP contribution < -0.4 is 5.56 Å². The van der Waals surface area contributed by atoms with Gasteiger partial charge in [-0.15, -0.1) is 0 Å². The summed E-state index contributed by atoms with van der Waals surface area (Å²) in [6, 6.07) is 6.09. The van der Waals surface area contributed by atoms with Crippen molar-refractivity contribution in [2.75, 3.05) is 0 Å². The van der Waals surface area contributed by atoms with Crippen molar-refractivity contribution < 1.29 is 17.4 Å². The lowest BCUT2D eigenvalue weighted by atomic mass is 10.1. The molecule has 0 aliphatic carbocycles. The fourth-order valence-electron chi connectivity index (χ4n) is 2.26. The van der Waals surface area contributed by atoms with E-state index in [0.717, 1.165) is 16.7 Å². The number of rotatable bonds is 4. The van der Waals surface area contributed by atoms with Crippen molar-refractivity contribution in [3.63, 3.8) is 0 Å². The van der Waals surface area contributed by atoms with Crippen LogP contribution in [0.4, 0.5) is 13.2 Å². The van der Waals surface area contributed by atoms with Crippen LogP contribution in [0, 0.1) is 13.8 Å². The summed E-state index contributed by atoms with van der Waals surface area (Å²) in [5.74, 6) is -0.290. The molecule has 4 nitrogen and oxygen atoms in total. The maximum atomic E-state index is 12.6. The van der Waals surface area contributed by atoms with Crippen LogP contribution >= 0.6 is 0 Å². The highest BCUT2D eigenvalue weighted by molar-refractivity contribution is 7.83. The highest BCUT2D eigenvalue weighted by Gasteiger charge is 2.33. The molecular formula is C15H15F3N2O2S. The second-order valence-corrected chi connectivity index (χ2v) is 6.76. The molecule has 1 aromatic heterocycles. The third-order valence-corrected chi connectivity index (χ3v) is 4.24. The van der Waals surface area contributed by atoms with E-state index >= 15 is 0 Å². The summed E-state index contributed by atoms with van der Waals surface area (Å²) in [5, 5.41) is 0. The van der Waals surface area contributed by atoms with Gasteiger partial charge in [0.25, 0.3) is 5.56 Å². The van der Waals surface area contributed by atoms with Crippen molar-refractivity contribution in [3.8, 4) is 0 Å². The molecule has 0 saturated carbocycles. The molecule has 0 amide bonds. The van der Waals surface area contributed by atoms with Crippen LogP contribution in [0.5, 0.6) is 0 Å². The molecule has 1 heterocycles. The van der Waals surface area contributed by atoms with E-state index in [-0.39, 0.29) is 17.3 Å². The van der Waals surface area contributed by atoms with E-state index in [9.17, 15) is 22.2 Å². The zero-order valence-corrected chi connectivity index (χ0v) is 13.3. The minimum Gasteiger partial charge on any atom is -0.310 e. The topological polar surface area (TPSA) is 62.8 Å². The van der Waals surface area contributed by atoms with Gasteiger partial charge in [-0.2, -0.15) is 13.2 Å². The first-order valence-electron chi connectivity index (χ1n) is 6.73. The van der Waals surface area contributed by atoms with E-state index in [1.54, 1.807) is 0 Å². The number of nitrogens with one attached hydrogen (secondary N) is 1. The van der Waals surface area contributed by atoms with Gasteiger partial charge in [0, 0.05) is 22.6 Å². The van der Waals surface area contributed by atoms with E-state index in [0.29, 0.717) is 6.07 Å². The van der Waals surface area contributed by atoms with E-state index in [4.69, 9.17) is 0 Å². The first-order valence-corrected chi connectivity index (χ1v) is 8.22. The minimum absolute atomic E-state index is 0.183. The Morgan fingerprint density at radius 3 is 2.26 bits per heavy atom. The Kier molecular flexibility index (Phi) is 5.03. The summed E-state index contributed by atoms with van der Waals surface area (Å²) >= 11 is 0. The van der Waals surface area contributed by atoms with Gasteiger partial charge in [0.1, 0.15) is 5.82 Å². The van der Waals surface area contributed by atoms with E-state index in [1.165, 1.54) is 0 Å². The quantitative estimate of drug-likeness (QED) is 0.928. The number of hydrogen-bond donors (Lipinski definition) is 1. The van der Waals surface area contributed by atoms with Crippen LogP contribution in [0.3, 0.4) is 0 Å². The summed E-state index contributed by atoms with van der Waals surface area (Å²) in [5.41, 5.74) is 0.672. The van der Waals surface area contributed by atoms with Gasteiger partial charge in [0.15, 0.2) is 5.69 Å². The first kappa shape index (κ1) is 17.4. The fourth-order valence-corrected chi connectivity index (χ4v) is 3.35. The smallest absolute Gasteiger partial charge is 0.310 e. The Bertz CT molecular complexity index is 780. The molecule has 0 fully saturated rings. The molecule has 0 aliphatic heterocycles. The van der Waals surface area contributed by atoms with Crippen molar-refractivity contribution in [2.24, 2.45) is 0 Å². The first-order chi connectivity index (χ1) is 10.6. The highest BCUT2D eigenvalue weighted by Crippen LogP contribution is 2.26. The van der Waals surface area contributed by atoms with Crippen molar-refractivity contribution >= 4 is 10.8 Å². The fraction of sp³-hybridized carbons (Fsp3) is 0.333. The van der Waals surface area contributed by atoms with Crippen LogP contribution in [0.1, 0.15) is 28.2 Å². The monoisotopic (exact) mass is 344 g/mol. The number of alkyl halides is 3. The molecule has 2 aromatic rings. The molecule has 0 bridgehead atoms. The second-order valence-electron chi connectivity index (χ2n) is 5.30. The summed E-state index contributed by atoms with van der Waals surface area (Å²) in [7, 11) is -1.48. The largest absolute Gasteiger partial charge is 0.433 e.